The Balaban J connectivity index is 2.01. The molecule has 35 heavy (non-hydrogen) atoms. The summed E-state index contributed by atoms with van der Waals surface area (Å²) in [6, 6.07) is 8.34. The molecule has 0 saturated carbocycles. The fourth-order valence-electron chi connectivity index (χ4n) is 3.97. The van der Waals surface area contributed by atoms with E-state index in [0.29, 0.717) is 44.3 Å². The van der Waals surface area contributed by atoms with Gasteiger partial charge in [-0.2, -0.15) is 0 Å². The van der Waals surface area contributed by atoms with Crippen LogP contribution in [0.5, 0.6) is 11.5 Å². The normalized spacial score (nSPS) is 15.4. The molecule has 0 N–H and O–H groups in total. The van der Waals surface area contributed by atoms with Gasteiger partial charge in [0.2, 0.25) is 0 Å². The predicted octanol–water partition coefficient (Wildman–Crippen LogP) is 2.99. The van der Waals surface area contributed by atoms with Crippen LogP contribution in [0.15, 0.2) is 63.8 Å². The van der Waals surface area contributed by atoms with Crippen LogP contribution < -0.4 is 24.4 Å². The Hall–Kier alpha value is -3.72. The van der Waals surface area contributed by atoms with Gasteiger partial charge >= 0.3 is 5.97 Å². The second-order valence-corrected chi connectivity index (χ2v) is 8.82. The minimum Gasteiger partial charge on any atom is -0.493 e. The number of ether oxygens (including phenoxy) is 3. The summed E-state index contributed by atoms with van der Waals surface area (Å²) in [5.41, 5.74) is 1.95. The number of thiazole rings is 1. The maximum atomic E-state index is 13.7. The van der Waals surface area contributed by atoms with Gasteiger partial charge in [-0.15, -0.1) is 0 Å². The van der Waals surface area contributed by atoms with Crippen LogP contribution in [0, 0.1) is 0 Å². The van der Waals surface area contributed by atoms with Crippen molar-refractivity contribution in [3.8, 4) is 11.5 Å². The average molecular weight is 494 g/mol. The molecular formula is C26H27N3O5S. The van der Waals surface area contributed by atoms with Crippen molar-refractivity contribution in [1.29, 1.82) is 0 Å². The molecule has 2 aromatic heterocycles. The third-order valence-electron chi connectivity index (χ3n) is 5.47. The van der Waals surface area contributed by atoms with Crippen molar-refractivity contribution < 1.29 is 19.0 Å². The molecule has 1 aliphatic rings. The number of hydrogen-bond acceptors (Lipinski definition) is 8. The number of carbonyl (C=O) groups is 1. The van der Waals surface area contributed by atoms with Crippen LogP contribution in [0.3, 0.4) is 0 Å². The van der Waals surface area contributed by atoms with E-state index >= 15 is 0 Å². The number of para-hydroxylation sites is 1. The summed E-state index contributed by atoms with van der Waals surface area (Å²) in [6.07, 6.45) is 5.92. The lowest BCUT2D eigenvalue weighted by molar-refractivity contribution is -0.139. The van der Waals surface area contributed by atoms with Gasteiger partial charge in [0.1, 0.15) is 6.04 Å². The van der Waals surface area contributed by atoms with Crippen LogP contribution in [0.4, 0.5) is 0 Å². The highest BCUT2D eigenvalue weighted by atomic mass is 32.1. The van der Waals surface area contributed by atoms with Gasteiger partial charge < -0.3 is 14.2 Å². The van der Waals surface area contributed by atoms with Crippen LogP contribution in [-0.2, 0) is 9.53 Å². The Morgan fingerprint density at radius 3 is 2.74 bits per heavy atom. The van der Waals surface area contributed by atoms with Crippen molar-refractivity contribution in [2.75, 3.05) is 20.3 Å². The molecule has 3 heterocycles. The zero-order chi connectivity index (χ0) is 24.9. The van der Waals surface area contributed by atoms with Crippen LogP contribution in [0.25, 0.3) is 6.08 Å². The molecule has 0 radical (unpaired) electrons. The highest BCUT2D eigenvalue weighted by molar-refractivity contribution is 7.07. The molecule has 1 aliphatic heterocycles. The first-order chi connectivity index (χ1) is 17.0. The van der Waals surface area contributed by atoms with Crippen molar-refractivity contribution in [3.63, 3.8) is 0 Å². The van der Waals surface area contributed by atoms with Crippen LogP contribution in [-0.4, -0.2) is 35.8 Å². The maximum Gasteiger partial charge on any atom is 0.338 e. The fraction of sp³-hybridized carbons (Fsp3) is 0.308. The monoisotopic (exact) mass is 493 g/mol. The summed E-state index contributed by atoms with van der Waals surface area (Å²) in [7, 11) is 1.56. The Kier molecular flexibility index (Phi) is 7.45. The highest BCUT2D eigenvalue weighted by Crippen LogP contribution is 2.40. The van der Waals surface area contributed by atoms with Crippen molar-refractivity contribution in [1.82, 2.24) is 9.55 Å². The molecule has 0 spiro atoms. The van der Waals surface area contributed by atoms with E-state index in [0.717, 1.165) is 12.0 Å². The summed E-state index contributed by atoms with van der Waals surface area (Å²) in [6.45, 7) is 6.15. The van der Waals surface area contributed by atoms with Crippen molar-refractivity contribution in [3.05, 3.63) is 84.8 Å². The third-order valence-corrected chi connectivity index (χ3v) is 6.46. The van der Waals surface area contributed by atoms with Crippen molar-refractivity contribution in [2.45, 2.75) is 33.2 Å². The van der Waals surface area contributed by atoms with Gasteiger partial charge in [-0.25, -0.2) is 9.79 Å². The van der Waals surface area contributed by atoms with E-state index in [2.05, 4.69) is 9.98 Å². The molecule has 0 fully saturated rings. The van der Waals surface area contributed by atoms with E-state index < -0.39 is 12.0 Å². The van der Waals surface area contributed by atoms with E-state index in [1.807, 2.05) is 31.2 Å². The van der Waals surface area contributed by atoms with Crippen LogP contribution >= 0.6 is 11.3 Å². The van der Waals surface area contributed by atoms with Gasteiger partial charge in [0, 0.05) is 18.0 Å². The zero-order valence-electron chi connectivity index (χ0n) is 20.1. The maximum absolute atomic E-state index is 13.7. The second kappa shape index (κ2) is 10.7. The number of pyridine rings is 1. The summed E-state index contributed by atoms with van der Waals surface area (Å²) >= 11 is 1.26. The summed E-state index contributed by atoms with van der Waals surface area (Å²) in [5.74, 6) is 0.482. The molecule has 0 unspecified atom stereocenters. The van der Waals surface area contributed by atoms with Gasteiger partial charge in [-0.1, -0.05) is 36.5 Å². The number of nitrogens with zero attached hydrogens (tertiary/aromatic N) is 3. The number of rotatable bonds is 8. The summed E-state index contributed by atoms with van der Waals surface area (Å²) in [5, 5.41) is 0. The molecule has 0 saturated heterocycles. The number of aromatic nitrogens is 2. The molecule has 0 bridgehead atoms. The molecule has 9 heteroatoms. The van der Waals surface area contributed by atoms with E-state index in [4.69, 9.17) is 14.2 Å². The molecular weight excluding hydrogens is 466 g/mol. The van der Waals surface area contributed by atoms with Gasteiger partial charge in [0.15, 0.2) is 16.3 Å². The number of fused-ring (bicyclic) bond motifs is 1. The number of methoxy groups -OCH3 is 1. The average Bonchev–Trinajstić information content (AvgIpc) is 3.16. The topological polar surface area (TPSA) is 92.0 Å². The van der Waals surface area contributed by atoms with Gasteiger partial charge in [-0.3, -0.25) is 14.3 Å². The summed E-state index contributed by atoms with van der Waals surface area (Å²) in [4.78, 5) is 36.1. The molecule has 0 aliphatic carbocycles. The lowest BCUT2D eigenvalue weighted by Gasteiger charge is -2.27. The molecule has 3 aromatic rings. The minimum atomic E-state index is -0.789. The fourth-order valence-corrected chi connectivity index (χ4v) is 5.01. The Labute approximate surface area is 206 Å². The van der Waals surface area contributed by atoms with Crippen molar-refractivity contribution in [2.24, 2.45) is 4.99 Å². The van der Waals surface area contributed by atoms with Crippen LogP contribution in [0.1, 0.15) is 44.4 Å². The molecule has 4 rings (SSSR count). The standard InChI is InChI=1S/C26H27N3O5S/c1-5-13-34-23-18(10-7-11-19(23)32-4)22-21(25(31)33-6-2)16(3)28-26-29(22)24(30)20(35-26)14-17-9-8-12-27-15-17/h7-12,14-15,22H,5-6,13H2,1-4H3/b20-14+/t22-/m0/s1. The van der Waals surface area contributed by atoms with Gasteiger partial charge in [0.25, 0.3) is 5.56 Å². The quantitative estimate of drug-likeness (QED) is 0.448. The van der Waals surface area contributed by atoms with Gasteiger partial charge in [0.05, 0.1) is 36.1 Å². The molecule has 0 amide bonds. The Morgan fingerprint density at radius 1 is 1.23 bits per heavy atom. The van der Waals surface area contributed by atoms with Crippen LogP contribution in [0.2, 0.25) is 0 Å². The molecule has 1 atom stereocenters. The molecule has 182 valence electrons. The Bertz CT molecular complexity index is 1440. The van der Waals surface area contributed by atoms with E-state index in [1.54, 1.807) is 50.1 Å². The third kappa shape index (κ3) is 4.77. The predicted molar refractivity (Wildman–Crippen MR) is 133 cm³/mol. The highest BCUT2D eigenvalue weighted by Gasteiger charge is 2.35. The number of allylic oxidation sites excluding steroid dienone is 1. The second-order valence-electron chi connectivity index (χ2n) is 7.82. The Morgan fingerprint density at radius 2 is 2.06 bits per heavy atom. The number of carbonyl (C=O) groups excluding carboxylic acids is 1. The first kappa shape index (κ1) is 24.4. The molecule has 8 nitrogen and oxygen atoms in total. The number of esters is 1. The lowest BCUT2D eigenvalue weighted by Crippen LogP contribution is -2.40. The zero-order valence-corrected chi connectivity index (χ0v) is 20.9. The number of benzene rings is 1. The SMILES string of the molecule is CCCOc1c(OC)cccc1[C@H]1C(C(=O)OCC)=C(C)N=c2s/c(=C/c3cccnc3)c(=O)n21. The number of hydrogen-bond donors (Lipinski definition) is 0. The minimum absolute atomic E-state index is 0.199. The lowest BCUT2D eigenvalue weighted by atomic mass is 9.94. The molecule has 1 aromatic carbocycles. The summed E-state index contributed by atoms with van der Waals surface area (Å²) < 4.78 is 19.1. The largest absolute Gasteiger partial charge is 0.493 e. The first-order valence-corrected chi connectivity index (χ1v) is 12.2. The first-order valence-electron chi connectivity index (χ1n) is 11.4. The van der Waals surface area contributed by atoms with Gasteiger partial charge in [-0.05, 0) is 44.0 Å². The van der Waals surface area contributed by atoms with E-state index in [1.165, 1.54) is 11.3 Å². The van der Waals surface area contributed by atoms with E-state index in [9.17, 15) is 9.59 Å². The van der Waals surface area contributed by atoms with E-state index in [-0.39, 0.29) is 12.2 Å². The smallest absolute Gasteiger partial charge is 0.338 e. The van der Waals surface area contributed by atoms with Crippen molar-refractivity contribution >= 4 is 23.4 Å².